The number of nitrogens with one attached hydrogen (secondary N) is 1. The molecule has 0 bridgehead atoms. The van der Waals surface area contributed by atoms with Crippen molar-refractivity contribution in [2.45, 2.75) is 20.4 Å². The van der Waals surface area contributed by atoms with E-state index in [4.69, 9.17) is 4.74 Å². The number of rotatable bonds is 5. The molecule has 1 saturated heterocycles. The topological polar surface area (TPSA) is 80.6 Å². The number of para-hydroxylation sites is 2. The second-order valence-corrected chi connectivity index (χ2v) is 5.58. The zero-order chi connectivity index (χ0) is 18.7. The summed E-state index contributed by atoms with van der Waals surface area (Å²) < 4.78 is 7.40. The summed E-state index contributed by atoms with van der Waals surface area (Å²) in [6.45, 7) is 4.84. The molecule has 0 radical (unpaired) electrons. The predicted octanol–water partition coefficient (Wildman–Crippen LogP) is 2.57. The number of nitrogens with zero attached hydrogens (tertiary/aromatic N) is 2. The minimum Gasteiger partial charge on any atom is -0.492 e. The molecule has 2 aromatic rings. The number of urea groups is 1. The Hall–Kier alpha value is -3.35. The number of benzene rings is 1. The molecule has 3 rings (SSSR count). The van der Waals surface area contributed by atoms with Crippen LogP contribution in [0.2, 0.25) is 0 Å². The first-order valence-electron chi connectivity index (χ1n) is 8.35. The van der Waals surface area contributed by atoms with E-state index >= 15 is 0 Å². The molecule has 26 heavy (non-hydrogen) atoms. The number of carbonyl (C=O) groups is 3. The summed E-state index contributed by atoms with van der Waals surface area (Å²) in [4.78, 5) is 38.4. The van der Waals surface area contributed by atoms with Crippen LogP contribution in [-0.4, -0.2) is 29.0 Å². The number of imide groups is 2. The molecular weight excluding hydrogens is 334 g/mol. The van der Waals surface area contributed by atoms with Crippen LogP contribution in [0.1, 0.15) is 19.5 Å². The van der Waals surface area contributed by atoms with E-state index < -0.39 is 17.8 Å². The first kappa shape index (κ1) is 17.5. The van der Waals surface area contributed by atoms with Crippen LogP contribution < -0.4 is 15.0 Å². The number of hydrogen-bond acceptors (Lipinski definition) is 4. The molecule has 2 heterocycles. The van der Waals surface area contributed by atoms with E-state index in [1.165, 1.54) is 6.08 Å². The van der Waals surface area contributed by atoms with Gasteiger partial charge in [-0.1, -0.05) is 12.1 Å². The second kappa shape index (κ2) is 7.26. The number of amides is 4. The van der Waals surface area contributed by atoms with Gasteiger partial charge in [0, 0.05) is 18.4 Å². The molecule has 1 aliphatic rings. The van der Waals surface area contributed by atoms with Crippen LogP contribution in [0.25, 0.3) is 6.08 Å². The maximum atomic E-state index is 12.9. The molecule has 1 aliphatic heterocycles. The van der Waals surface area contributed by atoms with Crippen LogP contribution in [0.15, 0.2) is 48.2 Å². The van der Waals surface area contributed by atoms with Crippen molar-refractivity contribution in [2.75, 3.05) is 11.5 Å². The van der Waals surface area contributed by atoms with Crippen LogP contribution in [-0.2, 0) is 16.1 Å². The summed E-state index contributed by atoms with van der Waals surface area (Å²) in [5.74, 6) is -1.01. The molecule has 1 aromatic heterocycles. The van der Waals surface area contributed by atoms with Crippen molar-refractivity contribution in [3.8, 4) is 5.75 Å². The largest absolute Gasteiger partial charge is 0.492 e. The summed E-state index contributed by atoms with van der Waals surface area (Å²) in [6.07, 6.45) is 3.34. The van der Waals surface area contributed by atoms with Crippen molar-refractivity contribution in [2.24, 2.45) is 0 Å². The third-order valence-corrected chi connectivity index (χ3v) is 4.01. The lowest BCUT2D eigenvalue weighted by molar-refractivity contribution is -0.122. The van der Waals surface area contributed by atoms with E-state index in [1.807, 2.05) is 30.7 Å². The van der Waals surface area contributed by atoms with E-state index in [9.17, 15) is 14.4 Å². The van der Waals surface area contributed by atoms with Crippen molar-refractivity contribution in [1.82, 2.24) is 9.88 Å². The lowest BCUT2D eigenvalue weighted by Gasteiger charge is -2.27. The average molecular weight is 353 g/mol. The lowest BCUT2D eigenvalue weighted by atomic mass is 10.1. The Bertz CT molecular complexity index is 898. The minimum absolute atomic E-state index is 0.107. The highest BCUT2D eigenvalue weighted by atomic mass is 16.5. The quantitative estimate of drug-likeness (QED) is 0.662. The van der Waals surface area contributed by atoms with Gasteiger partial charge in [-0.2, -0.15) is 0 Å². The second-order valence-electron chi connectivity index (χ2n) is 5.58. The fourth-order valence-corrected chi connectivity index (χ4v) is 2.79. The summed E-state index contributed by atoms with van der Waals surface area (Å²) in [5, 5.41) is 2.22. The Morgan fingerprint density at radius 2 is 1.85 bits per heavy atom. The van der Waals surface area contributed by atoms with E-state index in [-0.39, 0.29) is 5.57 Å². The Morgan fingerprint density at radius 1 is 1.08 bits per heavy atom. The normalized spacial score (nSPS) is 16.2. The highest BCUT2D eigenvalue weighted by Crippen LogP contribution is 2.31. The maximum absolute atomic E-state index is 12.9. The fraction of sp³-hybridized carbons (Fsp3) is 0.211. The number of aromatic nitrogens is 1. The molecule has 1 fully saturated rings. The van der Waals surface area contributed by atoms with Gasteiger partial charge in [0.15, 0.2) is 0 Å². The van der Waals surface area contributed by atoms with Gasteiger partial charge >= 0.3 is 6.03 Å². The molecule has 7 nitrogen and oxygen atoms in total. The van der Waals surface area contributed by atoms with E-state index in [2.05, 4.69) is 5.32 Å². The molecule has 4 amide bonds. The number of ether oxygens (including phenoxy) is 1. The highest BCUT2D eigenvalue weighted by Gasteiger charge is 2.38. The summed E-state index contributed by atoms with van der Waals surface area (Å²) in [7, 11) is 0. The Kier molecular flexibility index (Phi) is 4.88. The average Bonchev–Trinajstić information content (AvgIpc) is 3.07. The summed E-state index contributed by atoms with van der Waals surface area (Å²) in [5.41, 5.74) is 0.892. The number of anilines is 1. The number of aryl methyl sites for hydroxylation is 1. The van der Waals surface area contributed by atoms with Crippen LogP contribution in [0.5, 0.6) is 5.75 Å². The van der Waals surface area contributed by atoms with Gasteiger partial charge in [0.2, 0.25) is 0 Å². The first-order valence-corrected chi connectivity index (χ1v) is 8.35. The molecule has 0 saturated carbocycles. The third kappa shape index (κ3) is 3.11. The smallest absolute Gasteiger partial charge is 0.336 e. The Morgan fingerprint density at radius 3 is 2.58 bits per heavy atom. The summed E-state index contributed by atoms with van der Waals surface area (Å²) >= 11 is 0. The molecule has 134 valence electrons. The van der Waals surface area contributed by atoms with Crippen molar-refractivity contribution in [3.63, 3.8) is 0 Å². The monoisotopic (exact) mass is 353 g/mol. The fourth-order valence-electron chi connectivity index (χ4n) is 2.79. The lowest BCUT2D eigenvalue weighted by Crippen LogP contribution is -2.54. The van der Waals surface area contributed by atoms with Gasteiger partial charge in [-0.25, -0.2) is 9.69 Å². The van der Waals surface area contributed by atoms with Gasteiger partial charge in [-0.05, 0) is 44.2 Å². The van der Waals surface area contributed by atoms with Crippen LogP contribution >= 0.6 is 0 Å². The number of barbiturate groups is 1. The number of hydrogen-bond donors (Lipinski definition) is 1. The molecule has 1 N–H and O–H groups in total. The predicted molar refractivity (Wildman–Crippen MR) is 96.7 cm³/mol. The zero-order valence-electron chi connectivity index (χ0n) is 14.6. The van der Waals surface area contributed by atoms with E-state index in [0.717, 1.165) is 4.90 Å². The molecule has 0 spiro atoms. The first-order chi connectivity index (χ1) is 12.6. The van der Waals surface area contributed by atoms with Gasteiger partial charge in [-0.15, -0.1) is 0 Å². The minimum atomic E-state index is -0.796. The van der Waals surface area contributed by atoms with Gasteiger partial charge in [0.25, 0.3) is 11.8 Å². The maximum Gasteiger partial charge on any atom is 0.336 e. The van der Waals surface area contributed by atoms with Crippen molar-refractivity contribution in [1.29, 1.82) is 0 Å². The Labute approximate surface area is 150 Å². The number of carbonyl (C=O) groups excluding carboxylic acids is 3. The van der Waals surface area contributed by atoms with Crippen molar-refractivity contribution in [3.05, 3.63) is 53.9 Å². The molecular formula is C19H19N3O4. The van der Waals surface area contributed by atoms with Gasteiger partial charge in [0.05, 0.1) is 12.3 Å². The van der Waals surface area contributed by atoms with Gasteiger partial charge in [-0.3, -0.25) is 14.9 Å². The molecule has 0 atom stereocenters. The van der Waals surface area contributed by atoms with Crippen LogP contribution in [0.3, 0.4) is 0 Å². The van der Waals surface area contributed by atoms with Crippen molar-refractivity contribution >= 4 is 29.6 Å². The van der Waals surface area contributed by atoms with Crippen LogP contribution in [0.4, 0.5) is 10.5 Å². The van der Waals surface area contributed by atoms with Crippen molar-refractivity contribution < 1.29 is 19.1 Å². The zero-order valence-corrected chi connectivity index (χ0v) is 14.6. The van der Waals surface area contributed by atoms with Crippen LogP contribution in [0, 0.1) is 0 Å². The van der Waals surface area contributed by atoms with Gasteiger partial charge < -0.3 is 9.30 Å². The molecule has 7 heteroatoms. The molecule has 0 unspecified atom stereocenters. The van der Waals surface area contributed by atoms with E-state index in [1.54, 1.807) is 30.3 Å². The molecule has 0 aliphatic carbocycles. The van der Waals surface area contributed by atoms with E-state index in [0.29, 0.717) is 30.3 Å². The summed E-state index contributed by atoms with van der Waals surface area (Å²) in [6, 6.07) is 9.54. The molecule has 1 aromatic carbocycles. The van der Waals surface area contributed by atoms with Gasteiger partial charge in [0.1, 0.15) is 11.3 Å². The third-order valence-electron chi connectivity index (χ3n) is 4.01. The Balaban J connectivity index is 2.04. The SMILES string of the molecule is CCOc1ccccc1N1C(=O)NC(=O)/C(=C\c2cccn2CC)C1=O. The highest BCUT2D eigenvalue weighted by molar-refractivity contribution is 6.39. The standard InChI is InChI=1S/C19H19N3O4/c1-3-21-11-7-8-13(21)12-14-17(23)20-19(25)22(18(14)24)15-9-5-6-10-16(15)26-4-2/h5-12H,3-4H2,1-2H3,(H,20,23,25)/b14-12+.